The van der Waals surface area contributed by atoms with E-state index in [9.17, 15) is 4.79 Å². The monoisotopic (exact) mass is 339 g/mol. The number of amides is 2. The summed E-state index contributed by atoms with van der Waals surface area (Å²) in [6.07, 6.45) is 0.765. The summed E-state index contributed by atoms with van der Waals surface area (Å²) in [5.41, 5.74) is 1.04. The molecule has 0 atom stereocenters. The third kappa shape index (κ3) is 6.01. The number of rotatable bonds is 6. The zero-order valence-corrected chi connectivity index (χ0v) is 14.7. The molecule has 0 spiro atoms. The van der Waals surface area contributed by atoms with Crippen molar-refractivity contribution in [1.29, 1.82) is 0 Å². The Bertz CT molecular complexity index is 516. The average Bonchev–Trinajstić information content (AvgIpc) is 2.54. The maximum atomic E-state index is 11.9. The Morgan fingerprint density at radius 2 is 2.04 bits per heavy atom. The first-order chi connectivity index (χ1) is 11.0. The number of nitrogens with one attached hydrogen (secondary N) is 2. The largest absolute Gasteiger partial charge is 0.379 e. The molecular weight excluding hydrogens is 314 g/mol. The van der Waals surface area contributed by atoms with Crippen LogP contribution in [0.15, 0.2) is 24.3 Å². The minimum atomic E-state index is -0.131. The minimum Gasteiger partial charge on any atom is -0.379 e. The van der Waals surface area contributed by atoms with Gasteiger partial charge in [0.25, 0.3) is 0 Å². The number of benzene rings is 1. The molecule has 6 heteroatoms. The van der Waals surface area contributed by atoms with Crippen molar-refractivity contribution in [2.75, 3.05) is 39.4 Å². The fourth-order valence-electron chi connectivity index (χ4n) is 2.65. The van der Waals surface area contributed by atoms with Crippen LogP contribution in [0.5, 0.6) is 0 Å². The van der Waals surface area contributed by atoms with Crippen LogP contribution >= 0.6 is 11.6 Å². The molecule has 1 aromatic carbocycles. The summed E-state index contributed by atoms with van der Waals surface area (Å²) in [5.74, 6) is 0. The smallest absolute Gasteiger partial charge is 0.314 e. The van der Waals surface area contributed by atoms with Crippen LogP contribution < -0.4 is 10.6 Å². The van der Waals surface area contributed by atoms with Crippen molar-refractivity contribution in [3.63, 3.8) is 0 Å². The highest BCUT2D eigenvalue weighted by atomic mass is 35.5. The number of ether oxygens (including phenoxy) is 1. The third-order valence-electron chi connectivity index (χ3n) is 4.14. The van der Waals surface area contributed by atoms with Gasteiger partial charge in [-0.2, -0.15) is 0 Å². The van der Waals surface area contributed by atoms with E-state index in [1.165, 1.54) is 0 Å². The first-order valence-corrected chi connectivity index (χ1v) is 8.44. The number of urea groups is 1. The van der Waals surface area contributed by atoms with Gasteiger partial charge >= 0.3 is 6.03 Å². The number of hydrogen-bond donors (Lipinski definition) is 2. The van der Waals surface area contributed by atoms with Crippen molar-refractivity contribution in [3.8, 4) is 0 Å². The van der Waals surface area contributed by atoms with Crippen LogP contribution in [-0.4, -0.2) is 55.9 Å². The Hall–Kier alpha value is -1.30. The van der Waals surface area contributed by atoms with Crippen LogP contribution in [0.4, 0.5) is 4.79 Å². The summed E-state index contributed by atoms with van der Waals surface area (Å²) < 4.78 is 5.37. The quantitative estimate of drug-likeness (QED) is 0.836. The molecule has 128 valence electrons. The predicted octanol–water partition coefficient (Wildman–Crippen LogP) is 2.29. The first-order valence-electron chi connectivity index (χ1n) is 8.06. The van der Waals surface area contributed by atoms with Crippen LogP contribution in [0.25, 0.3) is 0 Å². The van der Waals surface area contributed by atoms with Gasteiger partial charge < -0.3 is 15.4 Å². The van der Waals surface area contributed by atoms with E-state index in [0.29, 0.717) is 13.1 Å². The topological polar surface area (TPSA) is 53.6 Å². The highest BCUT2D eigenvalue weighted by Crippen LogP contribution is 2.15. The van der Waals surface area contributed by atoms with Crippen LogP contribution in [0.2, 0.25) is 5.02 Å². The maximum Gasteiger partial charge on any atom is 0.314 e. The second kappa shape index (κ2) is 8.52. The molecule has 2 N–H and O–H groups in total. The molecule has 1 aliphatic rings. The van der Waals surface area contributed by atoms with Gasteiger partial charge in [0.05, 0.1) is 13.2 Å². The maximum absolute atomic E-state index is 11.9. The Morgan fingerprint density at radius 3 is 2.74 bits per heavy atom. The first kappa shape index (κ1) is 18.0. The highest BCUT2D eigenvalue weighted by molar-refractivity contribution is 6.30. The van der Waals surface area contributed by atoms with E-state index in [1.54, 1.807) is 0 Å². The summed E-state index contributed by atoms with van der Waals surface area (Å²) >= 11 is 5.95. The Morgan fingerprint density at radius 1 is 1.30 bits per heavy atom. The fraction of sp³-hybridized carbons (Fsp3) is 0.588. The van der Waals surface area contributed by atoms with Gasteiger partial charge in [-0.05, 0) is 38.0 Å². The van der Waals surface area contributed by atoms with Crippen molar-refractivity contribution >= 4 is 17.6 Å². The van der Waals surface area contributed by atoms with E-state index in [-0.39, 0.29) is 11.6 Å². The van der Waals surface area contributed by atoms with E-state index in [2.05, 4.69) is 29.4 Å². The third-order valence-corrected chi connectivity index (χ3v) is 4.37. The Labute approximate surface area is 143 Å². The van der Waals surface area contributed by atoms with Crippen LogP contribution in [0.1, 0.15) is 19.4 Å². The van der Waals surface area contributed by atoms with E-state index in [4.69, 9.17) is 16.3 Å². The normalized spacial score (nSPS) is 16.1. The van der Waals surface area contributed by atoms with Gasteiger partial charge in [0, 0.05) is 36.7 Å². The molecule has 1 saturated heterocycles. The molecule has 0 radical (unpaired) electrons. The van der Waals surface area contributed by atoms with Gasteiger partial charge in [0.2, 0.25) is 0 Å². The van der Waals surface area contributed by atoms with Gasteiger partial charge in [-0.3, -0.25) is 4.90 Å². The molecule has 1 heterocycles. The standard InChI is InChI=1S/C17H26ClN3O2/c1-17(2,21-8-10-23-11-9-21)13-20-16(22)19-7-6-14-4-3-5-15(18)12-14/h3-5,12H,6-11,13H2,1-2H3,(H2,19,20,22). The van der Waals surface area contributed by atoms with E-state index in [0.717, 1.165) is 43.3 Å². The number of morpholine rings is 1. The molecule has 1 fully saturated rings. The molecule has 0 unspecified atom stereocenters. The minimum absolute atomic E-state index is 0.0753. The van der Waals surface area contributed by atoms with Gasteiger partial charge in [0.1, 0.15) is 0 Å². The lowest BCUT2D eigenvalue weighted by Gasteiger charge is -2.40. The highest BCUT2D eigenvalue weighted by Gasteiger charge is 2.28. The summed E-state index contributed by atoms with van der Waals surface area (Å²) in [4.78, 5) is 14.3. The molecule has 2 amide bonds. The van der Waals surface area contributed by atoms with Gasteiger partial charge in [-0.25, -0.2) is 4.79 Å². The molecule has 0 aliphatic carbocycles. The Kier molecular flexibility index (Phi) is 6.69. The molecule has 0 aromatic heterocycles. The lowest BCUT2D eigenvalue weighted by Crippen LogP contribution is -2.56. The lowest BCUT2D eigenvalue weighted by molar-refractivity contribution is -0.00874. The van der Waals surface area contributed by atoms with Crippen LogP contribution in [0.3, 0.4) is 0 Å². The lowest BCUT2D eigenvalue weighted by atomic mass is 10.0. The van der Waals surface area contributed by atoms with Crippen molar-refractivity contribution < 1.29 is 9.53 Å². The number of nitrogens with zero attached hydrogens (tertiary/aromatic N) is 1. The second-order valence-corrected chi connectivity index (χ2v) is 6.84. The van der Waals surface area contributed by atoms with Gasteiger partial charge in [-0.15, -0.1) is 0 Å². The fourth-order valence-corrected chi connectivity index (χ4v) is 2.87. The zero-order chi connectivity index (χ0) is 16.7. The summed E-state index contributed by atoms with van der Waals surface area (Å²) in [6, 6.07) is 7.56. The molecule has 2 rings (SSSR count). The SMILES string of the molecule is CC(C)(CNC(=O)NCCc1cccc(Cl)c1)N1CCOCC1. The van der Waals surface area contributed by atoms with Gasteiger partial charge in [-0.1, -0.05) is 23.7 Å². The molecular formula is C17H26ClN3O2. The summed E-state index contributed by atoms with van der Waals surface area (Å²) in [6.45, 7) is 8.82. The van der Waals surface area contributed by atoms with Crippen LogP contribution in [0, 0.1) is 0 Å². The van der Waals surface area contributed by atoms with Crippen molar-refractivity contribution in [2.45, 2.75) is 25.8 Å². The van der Waals surface area contributed by atoms with E-state index in [1.807, 2.05) is 24.3 Å². The summed E-state index contributed by atoms with van der Waals surface area (Å²) in [7, 11) is 0. The van der Waals surface area contributed by atoms with Crippen molar-refractivity contribution in [2.24, 2.45) is 0 Å². The second-order valence-electron chi connectivity index (χ2n) is 6.40. The molecule has 0 saturated carbocycles. The molecule has 23 heavy (non-hydrogen) atoms. The molecule has 1 aromatic rings. The molecule has 0 bridgehead atoms. The van der Waals surface area contributed by atoms with E-state index >= 15 is 0 Å². The van der Waals surface area contributed by atoms with E-state index < -0.39 is 0 Å². The average molecular weight is 340 g/mol. The molecule has 5 nitrogen and oxygen atoms in total. The zero-order valence-electron chi connectivity index (χ0n) is 13.9. The van der Waals surface area contributed by atoms with Gasteiger partial charge in [0.15, 0.2) is 0 Å². The van der Waals surface area contributed by atoms with Crippen molar-refractivity contribution in [3.05, 3.63) is 34.9 Å². The Balaban J connectivity index is 1.68. The molecule has 1 aliphatic heterocycles. The summed E-state index contributed by atoms with van der Waals surface area (Å²) in [5, 5.41) is 6.57. The van der Waals surface area contributed by atoms with Crippen molar-refractivity contribution in [1.82, 2.24) is 15.5 Å². The number of halogens is 1. The van der Waals surface area contributed by atoms with Crippen LogP contribution in [-0.2, 0) is 11.2 Å². The number of carbonyl (C=O) groups excluding carboxylic acids is 1. The number of carbonyl (C=O) groups is 1. The number of hydrogen-bond acceptors (Lipinski definition) is 3. The predicted molar refractivity (Wildman–Crippen MR) is 93.0 cm³/mol.